The zero-order valence-electron chi connectivity index (χ0n) is 14.7. The number of hydrogen-bond donors (Lipinski definition) is 1. The molecule has 0 saturated heterocycles. The molecule has 0 spiro atoms. The van der Waals surface area contributed by atoms with Crippen molar-refractivity contribution in [3.05, 3.63) is 47.2 Å². The Balaban J connectivity index is 1.59. The van der Waals surface area contributed by atoms with E-state index in [4.69, 9.17) is 9.15 Å². The van der Waals surface area contributed by atoms with E-state index in [1.165, 1.54) is 0 Å². The molecular weight excluding hydrogens is 320 g/mol. The van der Waals surface area contributed by atoms with Gasteiger partial charge in [-0.25, -0.2) is 4.79 Å². The first-order valence-electron chi connectivity index (χ1n) is 8.70. The van der Waals surface area contributed by atoms with Gasteiger partial charge in [0, 0.05) is 17.4 Å². The number of nitrogens with one attached hydrogen (secondary N) is 1. The molecule has 25 heavy (non-hydrogen) atoms. The lowest BCUT2D eigenvalue weighted by Gasteiger charge is -2.12. The molecule has 2 aromatic rings. The number of hydrogen-bond acceptors (Lipinski definition) is 4. The maximum Gasteiger partial charge on any atom is 0.340 e. The summed E-state index contributed by atoms with van der Waals surface area (Å²) in [6.45, 7) is 4.11. The van der Waals surface area contributed by atoms with Crippen molar-refractivity contribution < 1.29 is 18.7 Å². The van der Waals surface area contributed by atoms with Crippen LogP contribution in [0.5, 0.6) is 0 Å². The zero-order valence-corrected chi connectivity index (χ0v) is 14.7. The highest BCUT2D eigenvalue weighted by Gasteiger charge is 2.20. The normalized spacial score (nSPS) is 14.6. The lowest BCUT2D eigenvalue weighted by atomic mass is 10.2. The zero-order chi connectivity index (χ0) is 17.8. The van der Waals surface area contributed by atoms with Gasteiger partial charge in [0.1, 0.15) is 5.76 Å². The Kier molecular flexibility index (Phi) is 5.26. The Bertz CT molecular complexity index is 740. The molecule has 1 aliphatic carbocycles. The van der Waals surface area contributed by atoms with Crippen molar-refractivity contribution in [2.24, 2.45) is 0 Å². The molecule has 0 bridgehead atoms. The van der Waals surface area contributed by atoms with Gasteiger partial charge in [-0.05, 0) is 44.9 Å². The minimum atomic E-state index is -0.472. The summed E-state index contributed by atoms with van der Waals surface area (Å²) in [5, 5.41) is 2.91. The Hall–Kier alpha value is -2.50. The molecule has 0 radical (unpaired) electrons. The van der Waals surface area contributed by atoms with Crippen LogP contribution >= 0.6 is 0 Å². The Morgan fingerprint density at radius 3 is 2.76 bits per heavy atom. The van der Waals surface area contributed by atoms with Crippen LogP contribution < -0.4 is 5.32 Å². The third-order valence-corrected chi connectivity index (χ3v) is 4.74. The Morgan fingerprint density at radius 2 is 2.08 bits per heavy atom. The molecule has 1 fully saturated rings. The largest absolute Gasteiger partial charge is 0.467 e. The van der Waals surface area contributed by atoms with E-state index in [-0.39, 0.29) is 18.6 Å². The van der Waals surface area contributed by atoms with Crippen LogP contribution in [0.1, 0.15) is 53.2 Å². The number of carbonyl (C=O) groups is 2. The summed E-state index contributed by atoms with van der Waals surface area (Å²) in [7, 11) is 0. The van der Waals surface area contributed by atoms with Crippen molar-refractivity contribution in [1.29, 1.82) is 0 Å². The summed E-state index contributed by atoms with van der Waals surface area (Å²) in [5.74, 6) is 0.114. The van der Waals surface area contributed by atoms with Gasteiger partial charge in [0.25, 0.3) is 5.91 Å². The lowest BCUT2D eigenvalue weighted by molar-refractivity contribution is -0.124. The fraction of sp³-hybridized carbons (Fsp3) is 0.474. The van der Waals surface area contributed by atoms with E-state index < -0.39 is 5.97 Å². The summed E-state index contributed by atoms with van der Waals surface area (Å²) < 4.78 is 12.6. The van der Waals surface area contributed by atoms with Crippen LogP contribution in [-0.2, 0) is 16.1 Å². The van der Waals surface area contributed by atoms with Crippen LogP contribution in [0.15, 0.2) is 28.9 Å². The van der Waals surface area contributed by atoms with Crippen LogP contribution in [0.4, 0.5) is 0 Å². The van der Waals surface area contributed by atoms with Crippen molar-refractivity contribution >= 4 is 11.9 Å². The average Bonchev–Trinajstić information content (AvgIpc) is 3.32. The van der Waals surface area contributed by atoms with Crippen LogP contribution in [0.3, 0.4) is 0 Å². The molecule has 1 amide bonds. The molecule has 1 aliphatic rings. The highest BCUT2D eigenvalue weighted by atomic mass is 16.5. The fourth-order valence-corrected chi connectivity index (χ4v) is 3.36. The number of nitrogens with zero attached hydrogens (tertiary/aromatic N) is 1. The number of carbonyl (C=O) groups excluding carboxylic acids is 2. The number of amides is 1. The third-order valence-electron chi connectivity index (χ3n) is 4.74. The molecule has 0 unspecified atom stereocenters. The number of aryl methyl sites for hydroxylation is 1. The van der Waals surface area contributed by atoms with Gasteiger partial charge in [-0.2, -0.15) is 0 Å². The van der Waals surface area contributed by atoms with Crippen molar-refractivity contribution in [3.8, 4) is 0 Å². The molecule has 0 atom stereocenters. The van der Waals surface area contributed by atoms with Gasteiger partial charge in [-0.15, -0.1) is 0 Å². The van der Waals surface area contributed by atoms with E-state index in [1.54, 1.807) is 12.3 Å². The second-order valence-corrected chi connectivity index (χ2v) is 6.58. The Labute approximate surface area is 147 Å². The van der Waals surface area contributed by atoms with E-state index >= 15 is 0 Å². The van der Waals surface area contributed by atoms with Gasteiger partial charge in [0.05, 0.1) is 18.4 Å². The molecule has 6 heteroatoms. The molecule has 0 aromatic carbocycles. The van der Waals surface area contributed by atoms with Crippen LogP contribution in [0.2, 0.25) is 0 Å². The van der Waals surface area contributed by atoms with E-state index in [2.05, 4.69) is 5.32 Å². The maximum atomic E-state index is 12.3. The SMILES string of the molecule is Cc1cc(C(=O)OCC(=O)NC2CCCC2)c(C)n1Cc1ccco1. The van der Waals surface area contributed by atoms with Gasteiger partial charge < -0.3 is 19.0 Å². The first kappa shape index (κ1) is 17.3. The van der Waals surface area contributed by atoms with Gasteiger partial charge in [-0.1, -0.05) is 12.8 Å². The van der Waals surface area contributed by atoms with Gasteiger partial charge in [0.2, 0.25) is 0 Å². The highest BCUT2D eigenvalue weighted by Crippen LogP contribution is 2.19. The summed E-state index contributed by atoms with van der Waals surface area (Å²) in [5.41, 5.74) is 2.23. The first-order valence-corrected chi connectivity index (χ1v) is 8.70. The minimum Gasteiger partial charge on any atom is -0.467 e. The van der Waals surface area contributed by atoms with Crippen LogP contribution in [-0.4, -0.2) is 29.1 Å². The number of furan rings is 1. The fourth-order valence-electron chi connectivity index (χ4n) is 3.36. The van der Waals surface area contributed by atoms with Gasteiger partial charge >= 0.3 is 5.97 Å². The predicted molar refractivity (Wildman–Crippen MR) is 92.4 cm³/mol. The minimum absolute atomic E-state index is 0.226. The maximum absolute atomic E-state index is 12.3. The molecule has 0 aliphatic heterocycles. The topological polar surface area (TPSA) is 73.5 Å². The number of ether oxygens (including phenoxy) is 1. The van der Waals surface area contributed by atoms with Crippen LogP contribution in [0, 0.1) is 13.8 Å². The van der Waals surface area contributed by atoms with Gasteiger partial charge in [-0.3, -0.25) is 4.79 Å². The van der Waals surface area contributed by atoms with E-state index in [9.17, 15) is 9.59 Å². The second-order valence-electron chi connectivity index (χ2n) is 6.58. The predicted octanol–water partition coefficient (Wildman–Crippen LogP) is 2.96. The monoisotopic (exact) mass is 344 g/mol. The number of rotatable bonds is 6. The van der Waals surface area contributed by atoms with Crippen molar-refractivity contribution in [3.63, 3.8) is 0 Å². The summed E-state index contributed by atoms with van der Waals surface area (Å²) in [4.78, 5) is 24.2. The summed E-state index contributed by atoms with van der Waals surface area (Å²) in [6, 6.07) is 5.74. The molecule has 2 heterocycles. The molecule has 1 saturated carbocycles. The molecule has 3 rings (SSSR count). The highest BCUT2D eigenvalue weighted by molar-refractivity contribution is 5.92. The molecular formula is C19H24N2O4. The standard InChI is InChI=1S/C19H24N2O4/c1-13-10-17(14(2)21(13)11-16-8-5-9-24-16)19(23)25-12-18(22)20-15-6-3-4-7-15/h5,8-10,15H,3-4,6-7,11-12H2,1-2H3,(H,20,22). The van der Waals surface area contributed by atoms with Crippen molar-refractivity contribution in [1.82, 2.24) is 9.88 Å². The quantitative estimate of drug-likeness (QED) is 0.818. The van der Waals surface area contributed by atoms with Crippen molar-refractivity contribution in [2.45, 2.75) is 52.1 Å². The number of esters is 1. The lowest BCUT2D eigenvalue weighted by Crippen LogP contribution is -2.35. The van der Waals surface area contributed by atoms with Crippen LogP contribution in [0.25, 0.3) is 0 Å². The second kappa shape index (κ2) is 7.59. The number of aromatic nitrogens is 1. The summed E-state index contributed by atoms with van der Waals surface area (Å²) >= 11 is 0. The summed E-state index contributed by atoms with van der Waals surface area (Å²) in [6.07, 6.45) is 5.93. The molecule has 1 N–H and O–H groups in total. The smallest absolute Gasteiger partial charge is 0.340 e. The van der Waals surface area contributed by atoms with Gasteiger partial charge in [0.15, 0.2) is 6.61 Å². The molecule has 2 aromatic heterocycles. The van der Waals surface area contributed by atoms with E-state index in [1.807, 2.05) is 30.5 Å². The van der Waals surface area contributed by atoms with Crippen molar-refractivity contribution in [2.75, 3.05) is 6.61 Å². The first-order chi connectivity index (χ1) is 12.0. The average molecular weight is 344 g/mol. The van der Waals surface area contributed by atoms with E-state index in [0.717, 1.165) is 42.8 Å². The van der Waals surface area contributed by atoms with E-state index in [0.29, 0.717) is 12.1 Å². The Morgan fingerprint density at radius 1 is 1.32 bits per heavy atom. The third kappa shape index (κ3) is 4.13. The molecule has 6 nitrogen and oxygen atoms in total. The molecule has 134 valence electrons.